The predicted molar refractivity (Wildman–Crippen MR) is 60.0 cm³/mol. The number of aliphatic hydroxyl groups is 2. The monoisotopic (exact) mass is 233 g/mol. The van der Waals surface area contributed by atoms with Crippen LogP contribution in [0.2, 0.25) is 0 Å². The largest absolute Gasteiger partial charge is 0.394 e. The quantitative estimate of drug-likeness (QED) is 0.617. The molecule has 0 aliphatic carbocycles. The predicted octanol–water partition coefficient (Wildman–Crippen LogP) is -0.362. The van der Waals surface area contributed by atoms with Gasteiger partial charge in [-0.2, -0.15) is 0 Å². The van der Waals surface area contributed by atoms with Crippen LogP contribution in [-0.4, -0.2) is 53.4 Å². The summed E-state index contributed by atoms with van der Waals surface area (Å²) in [6.07, 6.45) is -1.40. The van der Waals surface area contributed by atoms with Crippen LogP contribution >= 0.6 is 0 Å². The van der Waals surface area contributed by atoms with Gasteiger partial charge in [-0.15, -0.1) is 0 Å². The van der Waals surface area contributed by atoms with Crippen LogP contribution in [0.5, 0.6) is 0 Å². The van der Waals surface area contributed by atoms with E-state index in [0.717, 1.165) is 0 Å². The van der Waals surface area contributed by atoms with Crippen molar-refractivity contribution in [3.8, 4) is 0 Å². The van der Waals surface area contributed by atoms with Crippen molar-refractivity contribution in [1.82, 2.24) is 0 Å². The number of rotatable bonds is 4. The Morgan fingerprint density at radius 3 is 2.44 bits per heavy atom. The summed E-state index contributed by atoms with van der Waals surface area (Å²) >= 11 is 0. The van der Waals surface area contributed by atoms with Gasteiger partial charge in [0.15, 0.2) is 0 Å². The molecule has 0 radical (unpaired) electrons. The first-order chi connectivity index (χ1) is 7.51. The first-order valence-corrected chi connectivity index (χ1v) is 5.86. The fraction of sp³-hybridized carbons (Fsp3) is 1.00. The molecule has 1 rings (SSSR count). The maximum atomic E-state index is 10.0. The molecular formula is C11H23NO4. The van der Waals surface area contributed by atoms with Crippen molar-refractivity contribution in [2.24, 2.45) is 5.73 Å². The third-order valence-corrected chi connectivity index (χ3v) is 2.89. The average molecular weight is 233 g/mol. The molecule has 1 saturated heterocycles. The second-order valence-electron chi connectivity index (χ2n) is 4.52. The van der Waals surface area contributed by atoms with Crippen molar-refractivity contribution >= 4 is 0 Å². The Morgan fingerprint density at radius 2 is 2.00 bits per heavy atom. The lowest BCUT2D eigenvalue weighted by Crippen LogP contribution is -2.62. The van der Waals surface area contributed by atoms with Crippen molar-refractivity contribution in [2.45, 2.75) is 63.8 Å². The molecule has 0 bridgehead atoms. The lowest BCUT2D eigenvalue weighted by molar-refractivity contribution is -0.215. The Labute approximate surface area is 96.5 Å². The maximum Gasteiger partial charge on any atom is 0.114 e. The summed E-state index contributed by atoms with van der Waals surface area (Å²) in [6.45, 7) is 5.52. The van der Waals surface area contributed by atoms with E-state index in [1.807, 2.05) is 20.8 Å². The van der Waals surface area contributed by atoms with Gasteiger partial charge in [0, 0.05) is 0 Å². The zero-order chi connectivity index (χ0) is 12.3. The topological polar surface area (TPSA) is 84.9 Å². The van der Waals surface area contributed by atoms with Crippen LogP contribution in [0, 0.1) is 0 Å². The minimum Gasteiger partial charge on any atom is -0.394 e. The average Bonchev–Trinajstić information content (AvgIpc) is 2.25. The summed E-state index contributed by atoms with van der Waals surface area (Å²) in [5, 5.41) is 19.3. The van der Waals surface area contributed by atoms with E-state index < -0.39 is 24.4 Å². The van der Waals surface area contributed by atoms with E-state index >= 15 is 0 Å². The van der Waals surface area contributed by atoms with Crippen LogP contribution in [0.1, 0.15) is 27.2 Å². The highest BCUT2D eigenvalue weighted by Gasteiger charge is 2.43. The number of ether oxygens (including phenoxy) is 2. The molecular weight excluding hydrogens is 210 g/mol. The Morgan fingerprint density at radius 1 is 1.38 bits per heavy atom. The van der Waals surface area contributed by atoms with Crippen molar-refractivity contribution in [3.05, 3.63) is 0 Å². The SMILES string of the molecule is CCC1OC(CO)C(OC(C)C)C(O)C1N. The molecule has 16 heavy (non-hydrogen) atoms. The number of nitrogens with two attached hydrogens (primary N) is 1. The maximum absolute atomic E-state index is 10.0. The zero-order valence-electron chi connectivity index (χ0n) is 10.2. The van der Waals surface area contributed by atoms with Crippen molar-refractivity contribution in [3.63, 3.8) is 0 Å². The number of hydrogen-bond acceptors (Lipinski definition) is 5. The number of hydrogen-bond donors (Lipinski definition) is 3. The van der Waals surface area contributed by atoms with Crippen LogP contribution in [0.4, 0.5) is 0 Å². The fourth-order valence-electron chi connectivity index (χ4n) is 2.05. The van der Waals surface area contributed by atoms with Crippen LogP contribution in [-0.2, 0) is 9.47 Å². The first-order valence-electron chi connectivity index (χ1n) is 5.86. The Bertz CT molecular complexity index is 210. The van der Waals surface area contributed by atoms with Crippen molar-refractivity contribution < 1.29 is 19.7 Å². The summed E-state index contributed by atoms with van der Waals surface area (Å²) < 4.78 is 11.2. The molecule has 1 heterocycles. The summed E-state index contributed by atoms with van der Waals surface area (Å²) in [7, 11) is 0. The molecule has 5 heteroatoms. The minimum atomic E-state index is -0.793. The second-order valence-corrected chi connectivity index (χ2v) is 4.52. The highest BCUT2D eigenvalue weighted by atomic mass is 16.6. The Kier molecular flexibility index (Phi) is 5.14. The Balaban J connectivity index is 2.73. The van der Waals surface area contributed by atoms with E-state index in [4.69, 9.17) is 15.2 Å². The minimum absolute atomic E-state index is 0.0392. The van der Waals surface area contributed by atoms with Gasteiger partial charge >= 0.3 is 0 Å². The molecule has 4 N–H and O–H groups in total. The van der Waals surface area contributed by atoms with E-state index in [1.165, 1.54) is 0 Å². The number of aliphatic hydroxyl groups excluding tert-OH is 2. The van der Waals surface area contributed by atoms with Crippen LogP contribution in [0.25, 0.3) is 0 Å². The van der Waals surface area contributed by atoms with Gasteiger partial charge in [-0.3, -0.25) is 0 Å². The van der Waals surface area contributed by atoms with Crippen LogP contribution < -0.4 is 5.73 Å². The van der Waals surface area contributed by atoms with Gasteiger partial charge in [0.2, 0.25) is 0 Å². The van der Waals surface area contributed by atoms with E-state index in [-0.39, 0.29) is 18.8 Å². The third kappa shape index (κ3) is 2.93. The van der Waals surface area contributed by atoms with E-state index in [1.54, 1.807) is 0 Å². The van der Waals surface area contributed by atoms with Gasteiger partial charge in [-0.25, -0.2) is 0 Å². The molecule has 96 valence electrons. The summed E-state index contributed by atoms with van der Waals surface area (Å²) in [4.78, 5) is 0. The van der Waals surface area contributed by atoms with Gasteiger partial charge in [0.25, 0.3) is 0 Å². The highest BCUT2D eigenvalue weighted by molar-refractivity contribution is 4.95. The van der Waals surface area contributed by atoms with Gasteiger partial charge in [-0.05, 0) is 20.3 Å². The highest BCUT2D eigenvalue weighted by Crippen LogP contribution is 2.24. The van der Waals surface area contributed by atoms with Crippen LogP contribution in [0.3, 0.4) is 0 Å². The second kappa shape index (κ2) is 5.93. The van der Waals surface area contributed by atoms with Crippen molar-refractivity contribution in [1.29, 1.82) is 0 Å². The molecule has 1 aliphatic rings. The lowest BCUT2D eigenvalue weighted by atomic mass is 9.92. The molecule has 5 atom stereocenters. The zero-order valence-corrected chi connectivity index (χ0v) is 10.2. The standard InChI is InChI=1S/C11H23NO4/c1-4-7-9(12)10(14)11(15-6(2)3)8(5-13)16-7/h6-11,13-14H,4-5,12H2,1-3H3. The van der Waals surface area contributed by atoms with Gasteiger partial charge in [0.05, 0.1) is 24.9 Å². The molecule has 0 spiro atoms. The Hall–Kier alpha value is -0.200. The van der Waals surface area contributed by atoms with E-state index in [9.17, 15) is 10.2 Å². The third-order valence-electron chi connectivity index (χ3n) is 2.89. The van der Waals surface area contributed by atoms with E-state index in [2.05, 4.69) is 0 Å². The summed E-state index contributed by atoms with van der Waals surface area (Å²) in [5.41, 5.74) is 5.88. The first kappa shape index (κ1) is 13.9. The van der Waals surface area contributed by atoms with E-state index in [0.29, 0.717) is 6.42 Å². The summed E-state index contributed by atoms with van der Waals surface area (Å²) in [6, 6.07) is -0.462. The molecule has 5 nitrogen and oxygen atoms in total. The molecule has 0 aromatic heterocycles. The molecule has 5 unspecified atom stereocenters. The van der Waals surface area contributed by atoms with Gasteiger partial charge in [-0.1, -0.05) is 6.92 Å². The fourth-order valence-corrected chi connectivity index (χ4v) is 2.05. The molecule has 0 aromatic rings. The van der Waals surface area contributed by atoms with Gasteiger partial charge < -0.3 is 25.4 Å². The molecule has 0 aromatic carbocycles. The van der Waals surface area contributed by atoms with Crippen LogP contribution in [0.15, 0.2) is 0 Å². The summed E-state index contributed by atoms with van der Waals surface area (Å²) in [5.74, 6) is 0. The smallest absolute Gasteiger partial charge is 0.114 e. The molecule has 1 aliphatic heterocycles. The lowest BCUT2D eigenvalue weighted by Gasteiger charge is -2.43. The van der Waals surface area contributed by atoms with Gasteiger partial charge in [0.1, 0.15) is 18.3 Å². The molecule has 1 fully saturated rings. The molecule has 0 amide bonds. The van der Waals surface area contributed by atoms with Crippen molar-refractivity contribution in [2.75, 3.05) is 6.61 Å². The normalized spacial score (nSPS) is 40.3. The molecule has 0 saturated carbocycles.